The maximum Gasteiger partial charge on any atom is 0.152 e. The summed E-state index contributed by atoms with van der Waals surface area (Å²) in [5.74, 6) is 0.0678. The van der Waals surface area contributed by atoms with E-state index in [4.69, 9.17) is 16.7 Å². The van der Waals surface area contributed by atoms with Gasteiger partial charge in [0.15, 0.2) is 5.75 Å². The highest BCUT2D eigenvalue weighted by Crippen LogP contribution is 2.38. The first-order chi connectivity index (χ1) is 6.24. The van der Waals surface area contributed by atoms with E-state index in [1.165, 1.54) is 11.3 Å². The molecule has 2 N–H and O–H groups in total. The van der Waals surface area contributed by atoms with Gasteiger partial charge in [0.2, 0.25) is 0 Å². The minimum absolute atomic E-state index is 0.0678. The SMILES string of the molecule is OCc1cc2ccsc2c(O)c1Cl. The van der Waals surface area contributed by atoms with Gasteiger partial charge < -0.3 is 10.2 Å². The maximum absolute atomic E-state index is 9.63. The van der Waals surface area contributed by atoms with Crippen molar-refractivity contribution in [1.82, 2.24) is 0 Å². The number of fused-ring (bicyclic) bond motifs is 1. The summed E-state index contributed by atoms with van der Waals surface area (Å²) in [7, 11) is 0. The summed E-state index contributed by atoms with van der Waals surface area (Å²) < 4.78 is 0.766. The Labute approximate surface area is 84.0 Å². The van der Waals surface area contributed by atoms with Crippen LogP contribution in [0, 0.1) is 0 Å². The van der Waals surface area contributed by atoms with Crippen LogP contribution in [-0.2, 0) is 6.61 Å². The molecule has 0 radical (unpaired) electrons. The molecule has 1 aromatic carbocycles. The lowest BCUT2D eigenvalue weighted by Crippen LogP contribution is -1.84. The molecule has 0 aliphatic heterocycles. The summed E-state index contributed by atoms with van der Waals surface area (Å²) in [5, 5.41) is 21.6. The molecule has 1 heterocycles. The Balaban J connectivity index is 2.83. The highest BCUT2D eigenvalue weighted by atomic mass is 35.5. The number of benzene rings is 1. The van der Waals surface area contributed by atoms with E-state index in [0.29, 0.717) is 5.56 Å². The first-order valence-electron chi connectivity index (χ1n) is 3.72. The number of aliphatic hydroxyl groups is 1. The topological polar surface area (TPSA) is 40.5 Å². The van der Waals surface area contributed by atoms with Gasteiger partial charge in [-0.25, -0.2) is 0 Å². The van der Waals surface area contributed by atoms with Gasteiger partial charge in [0, 0.05) is 5.56 Å². The number of aromatic hydroxyl groups is 1. The Morgan fingerprint density at radius 1 is 1.46 bits per heavy atom. The molecule has 4 heteroatoms. The van der Waals surface area contributed by atoms with Crippen LogP contribution in [0.15, 0.2) is 17.5 Å². The lowest BCUT2D eigenvalue weighted by molar-refractivity contribution is 0.281. The second kappa shape index (κ2) is 3.18. The second-order valence-electron chi connectivity index (χ2n) is 2.70. The molecule has 0 bridgehead atoms. The highest BCUT2D eigenvalue weighted by Gasteiger charge is 2.10. The largest absolute Gasteiger partial charge is 0.505 e. The predicted octanol–water partition coefficient (Wildman–Crippen LogP) is 2.75. The van der Waals surface area contributed by atoms with Gasteiger partial charge in [-0.3, -0.25) is 0 Å². The third-order valence-electron chi connectivity index (χ3n) is 1.90. The molecule has 0 atom stereocenters. The van der Waals surface area contributed by atoms with Crippen LogP contribution < -0.4 is 0 Å². The second-order valence-corrected chi connectivity index (χ2v) is 3.99. The van der Waals surface area contributed by atoms with Crippen LogP contribution in [0.1, 0.15) is 5.56 Å². The van der Waals surface area contributed by atoms with E-state index < -0.39 is 0 Å². The lowest BCUT2D eigenvalue weighted by atomic mass is 10.1. The van der Waals surface area contributed by atoms with Crippen molar-refractivity contribution in [2.24, 2.45) is 0 Å². The molecule has 0 spiro atoms. The number of thiophene rings is 1. The van der Waals surface area contributed by atoms with E-state index in [1.54, 1.807) is 6.07 Å². The Morgan fingerprint density at radius 3 is 2.92 bits per heavy atom. The molecule has 0 aliphatic rings. The molecule has 13 heavy (non-hydrogen) atoms. The molecular weight excluding hydrogens is 208 g/mol. The lowest BCUT2D eigenvalue weighted by Gasteiger charge is -2.03. The third-order valence-corrected chi connectivity index (χ3v) is 3.26. The number of rotatable bonds is 1. The van der Waals surface area contributed by atoms with Crippen molar-refractivity contribution in [2.75, 3.05) is 0 Å². The van der Waals surface area contributed by atoms with Gasteiger partial charge in [-0.05, 0) is 22.9 Å². The van der Waals surface area contributed by atoms with Crippen LogP contribution in [0.25, 0.3) is 10.1 Å². The Hall–Kier alpha value is -0.770. The third kappa shape index (κ3) is 1.29. The molecule has 0 amide bonds. The van der Waals surface area contributed by atoms with E-state index in [9.17, 15) is 5.11 Å². The van der Waals surface area contributed by atoms with Crippen LogP contribution in [-0.4, -0.2) is 10.2 Å². The normalized spacial score (nSPS) is 10.9. The molecule has 0 saturated heterocycles. The Kier molecular flexibility index (Phi) is 2.15. The van der Waals surface area contributed by atoms with Crippen LogP contribution in [0.3, 0.4) is 0 Å². The monoisotopic (exact) mass is 214 g/mol. The number of hydrogen-bond acceptors (Lipinski definition) is 3. The first kappa shape index (κ1) is 8.81. The van der Waals surface area contributed by atoms with E-state index in [2.05, 4.69) is 0 Å². The molecule has 1 aromatic heterocycles. The number of phenols is 1. The van der Waals surface area contributed by atoms with Crippen molar-refractivity contribution >= 4 is 33.0 Å². The molecule has 2 rings (SSSR count). The van der Waals surface area contributed by atoms with Gasteiger partial charge in [-0.2, -0.15) is 0 Å². The summed E-state index contributed by atoms with van der Waals surface area (Å²) in [4.78, 5) is 0. The molecule has 2 aromatic rings. The molecule has 2 nitrogen and oxygen atoms in total. The zero-order chi connectivity index (χ0) is 9.42. The Bertz CT molecular complexity index is 450. The summed E-state index contributed by atoms with van der Waals surface area (Å²) in [5.41, 5.74) is 0.560. The quantitative estimate of drug-likeness (QED) is 0.767. The zero-order valence-electron chi connectivity index (χ0n) is 6.62. The van der Waals surface area contributed by atoms with E-state index >= 15 is 0 Å². The van der Waals surface area contributed by atoms with Gasteiger partial charge in [0.1, 0.15) is 0 Å². The minimum atomic E-state index is -0.155. The van der Waals surface area contributed by atoms with E-state index in [0.717, 1.165) is 10.1 Å². The molecule has 0 saturated carbocycles. The average molecular weight is 215 g/mol. The fraction of sp³-hybridized carbons (Fsp3) is 0.111. The summed E-state index contributed by atoms with van der Waals surface area (Å²) >= 11 is 7.26. The molecule has 68 valence electrons. The summed E-state index contributed by atoms with van der Waals surface area (Å²) in [6.45, 7) is -0.155. The van der Waals surface area contributed by atoms with Gasteiger partial charge in [0.25, 0.3) is 0 Å². The smallest absolute Gasteiger partial charge is 0.152 e. The van der Waals surface area contributed by atoms with Crippen LogP contribution in [0.4, 0.5) is 0 Å². The van der Waals surface area contributed by atoms with Crippen molar-refractivity contribution < 1.29 is 10.2 Å². The number of halogens is 1. The van der Waals surface area contributed by atoms with Gasteiger partial charge in [-0.15, -0.1) is 11.3 Å². The molecular formula is C9H7ClO2S. The molecule has 0 unspecified atom stereocenters. The summed E-state index contributed by atoms with van der Waals surface area (Å²) in [6, 6.07) is 3.67. The Morgan fingerprint density at radius 2 is 2.23 bits per heavy atom. The van der Waals surface area contributed by atoms with Crippen molar-refractivity contribution in [3.8, 4) is 5.75 Å². The van der Waals surface area contributed by atoms with Crippen molar-refractivity contribution in [3.63, 3.8) is 0 Å². The fourth-order valence-electron chi connectivity index (χ4n) is 1.24. The maximum atomic E-state index is 9.63. The highest BCUT2D eigenvalue weighted by molar-refractivity contribution is 7.17. The van der Waals surface area contributed by atoms with Crippen LogP contribution >= 0.6 is 22.9 Å². The van der Waals surface area contributed by atoms with Crippen LogP contribution in [0.2, 0.25) is 5.02 Å². The molecule has 0 aliphatic carbocycles. The van der Waals surface area contributed by atoms with Crippen molar-refractivity contribution in [2.45, 2.75) is 6.61 Å². The van der Waals surface area contributed by atoms with Crippen molar-refractivity contribution in [1.29, 1.82) is 0 Å². The number of hydrogen-bond donors (Lipinski definition) is 2. The predicted molar refractivity (Wildman–Crippen MR) is 54.4 cm³/mol. The van der Waals surface area contributed by atoms with Gasteiger partial charge in [-0.1, -0.05) is 11.6 Å². The minimum Gasteiger partial charge on any atom is -0.505 e. The summed E-state index contributed by atoms with van der Waals surface area (Å²) in [6.07, 6.45) is 0. The molecule has 0 fully saturated rings. The average Bonchev–Trinajstić information content (AvgIpc) is 2.59. The van der Waals surface area contributed by atoms with E-state index in [-0.39, 0.29) is 17.4 Å². The van der Waals surface area contributed by atoms with Crippen LogP contribution in [0.5, 0.6) is 5.75 Å². The van der Waals surface area contributed by atoms with Gasteiger partial charge >= 0.3 is 0 Å². The standard InChI is InChI=1S/C9H7ClO2S/c10-7-6(4-11)3-5-1-2-13-9(5)8(7)12/h1-3,11-12H,4H2. The van der Waals surface area contributed by atoms with E-state index in [1.807, 2.05) is 11.4 Å². The first-order valence-corrected chi connectivity index (χ1v) is 4.98. The van der Waals surface area contributed by atoms with Crippen molar-refractivity contribution in [3.05, 3.63) is 28.1 Å². The zero-order valence-corrected chi connectivity index (χ0v) is 8.19. The van der Waals surface area contributed by atoms with Gasteiger partial charge in [0.05, 0.1) is 16.3 Å². The number of phenolic OH excluding ortho intramolecular Hbond substituents is 1. The number of aliphatic hydroxyl groups excluding tert-OH is 1. The fourth-order valence-corrected chi connectivity index (χ4v) is 2.34.